The summed E-state index contributed by atoms with van der Waals surface area (Å²) < 4.78 is 43.0. The number of anilines is 3. The third kappa shape index (κ3) is 7.97. The van der Waals surface area contributed by atoms with Gasteiger partial charge in [-0.15, -0.1) is 5.10 Å². The molecule has 2 aliphatic rings. The minimum absolute atomic E-state index is 0.0629. The number of carbonyl (C=O) groups excluding carboxylic acids is 2. The third-order valence-corrected chi connectivity index (χ3v) is 9.34. The van der Waals surface area contributed by atoms with Gasteiger partial charge in [0.2, 0.25) is 5.91 Å². The number of rotatable bonds is 8. The highest BCUT2D eigenvalue weighted by molar-refractivity contribution is 7.19. The van der Waals surface area contributed by atoms with E-state index in [1.165, 1.54) is 22.4 Å². The predicted molar refractivity (Wildman–Crippen MR) is 175 cm³/mol. The molecule has 0 spiro atoms. The van der Waals surface area contributed by atoms with E-state index < -0.39 is 17.6 Å². The van der Waals surface area contributed by atoms with E-state index >= 15 is 0 Å². The van der Waals surface area contributed by atoms with E-state index in [0.29, 0.717) is 46.7 Å². The molecular weight excluding hydrogens is 631 g/mol. The van der Waals surface area contributed by atoms with Crippen LogP contribution in [0.3, 0.4) is 0 Å². The molecule has 2 aromatic carbocycles. The smallest absolute Gasteiger partial charge is 0.369 e. The van der Waals surface area contributed by atoms with E-state index in [4.69, 9.17) is 0 Å². The molecule has 4 heterocycles. The van der Waals surface area contributed by atoms with Gasteiger partial charge in [-0.1, -0.05) is 29.0 Å². The second kappa shape index (κ2) is 13.8. The Kier molecular flexibility index (Phi) is 9.57. The first-order valence-corrected chi connectivity index (χ1v) is 16.3. The number of likely N-dealkylation sites (N-methyl/N-ethyl adjacent to an activating group) is 1. The fourth-order valence-corrected chi connectivity index (χ4v) is 6.50. The maximum absolute atomic E-state index is 13.8. The van der Waals surface area contributed by atoms with Crippen molar-refractivity contribution in [1.29, 1.82) is 0 Å². The number of nitrogens with zero attached hydrogens (tertiary/aromatic N) is 7. The van der Waals surface area contributed by atoms with Crippen molar-refractivity contribution in [3.8, 4) is 16.3 Å². The first-order chi connectivity index (χ1) is 22.5. The number of piperidine rings is 1. The number of benzene rings is 2. The largest absolute Gasteiger partial charge is 0.416 e. The van der Waals surface area contributed by atoms with Crippen molar-refractivity contribution >= 4 is 39.7 Å². The van der Waals surface area contributed by atoms with E-state index in [1.54, 1.807) is 36.7 Å². The fraction of sp³-hybridized carbons (Fsp3) is 0.406. The van der Waals surface area contributed by atoms with Gasteiger partial charge in [0, 0.05) is 49.3 Å². The van der Waals surface area contributed by atoms with Gasteiger partial charge in [-0.2, -0.15) is 13.2 Å². The molecule has 2 aliphatic heterocycles. The number of halogens is 3. The molecule has 0 bridgehead atoms. The van der Waals surface area contributed by atoms with Gasteiger partial charge in [0.05, 0.1) is 28.9 Å². The van der Waals surface area contributed by atoms with Crippen LogP contribution in [0.25, 0.3) is 16.3 Å². The first kappa shape index (κ1) is 32.6. The lowest BCUT2D eigenvalue weighted by molar-refractivity contribution is -0.137. The van der Waals surface area contributed by atoms with Crippen LogP contribution in [0.2, 0.25) is 0 Å². The lowest BCUT2D eigenvalue weighted by atomic mass is 10.1. The molecule has 0 atom stereocenters. The zero-order valence-corrected chi connectivity index (χ0v) is 27.0. The van der Waals surface area contributed by atoms with Crippen LogP contribution in [0.15, 0.2) is 48.8 Å². The summed E-state index contributed by atoms with van der Waals surface area (Å²) in [5.74, 6) is -0.662. The number of likely N-dealkylation sites (tertiary alicyclic amines) is 1. The highest BCUT2D eigenvalue weighted by Gasteiger charge is 2.32. The van der Waals surface area contributed by atoms with Crippen LogP contribution >= 0.6 is 11.3 Å². The van der Waals surface area contributed by atoms with Gasteiger partial charge < -0.3 is 20.4 Å². The van der Waals surface area contributed by atoms with Crippen LogP contribution in [0.4, 0.5) is 29.7 Å². The second-order valence-electron chi connectivity index (χ2n) is 12.0. The topological polar surface area (TPSA) is 112 Å². The van der Waals surface area contributed by atoms with Crippen LogP contribution in [0, 0.1) is 6.92 Å². The summed E-state index contributed by atoms with van der Waals surface area (Å²) in [6.45, 7) is 6.66. The third-order valence-electron chi connectivity index (χ3n) is 8.40. The molecular formula is C32H36F3N9O2S. The number of aryl methyl sites for hydroxylation is 1. The Labute approximate surface area is 274 Å². The first-order valence-electron chi connectivity index (χ1n) is 15.5. The summed E-state index contributed by atoms with van der Waals surface area (Å²) in [6.07, 6.45) is 2.16. The molecule has 2 fully saturated rings. The van der Waals surface area contributed by atoms with E-state index in [2.05, 4.69) is 35.7 Å². The van der Waals surface area contributed by atoms with Crippen molar-refractivity contribution in [3.05, 3.63) is 65.5 Å². The molecule has 2 aromatic heterocycles. The number of aromatic nitrogens is 4. The standard InChI is InChI=1S/C32H36F3N9O2S/c1-21-6-7-22(30(46)37-24-15-23(32(33,34)35)16-25(17-24)43-12-10-41(2)11-13-43)14-27(21)44-19-26(39-40-44)28-18-36-31(47-28)38-29(45)20-42-8-4-3-5-9-42/h6-7,14-19H,3-5,8-13,20H2,1-2H3,(H,37,46)(H,36,38,45). The number of amides is 2. The molecule has 248 valence electrons. The number of carbonyl (C=O) groups is 2. The molecule has 2 amide bonds. The Morgan fingerprint density at radius 1 is 0.957 bits per heavy atom. The zero-order valence-electron chi connectivity index (χ0n) is 26.2. The van der Waals surface area contributed by atoms with Crippen molar-refractivity contribution in [2.75, 3.05) is 68.4 Å². The summed E-state index contributed by atoms with van der Waals surface area (Å²) in [5, 5.41) is 14.5. The molecule has 0 unspecified atom stereocenters. The Bertz CT molecular complexity index is 1740. The molecule has 47 heavy (non-hydrogen) atoms. The molecule has 2 saturated heterocycles. The summed E-state index contributed by atoms with van der Waals surface area (Å²) in [6, 6.07) is 8.64. The average molecular weight is 668 g/mol. The van der Waals surface area contributed by atoms with Gasteiger partial charge in [0.25, 0.3) is 5.91 Å². The van der Waals surface area contributed by atoms with E-state index in [1.807, 2.05) is 18.9 Å². The number of hydrogen-bond donors (Lipinski definition) is 2. The summed E-state index contributed by atoms with van der Waals surface area (Å²) in [5.41, 5.74) is 1.83. The SMILES string of the molecule is Cc1ccc(C(=O)Nc2cc(N3CCN(C)CC3)cc(C(F)(F)F)c2)cc1-n1cc(-c2cnc(NC(=O)CN3CCCCC3)s2)nn1. The van der Waals surface area contributed by atoms with Crippen LogP contribution in [0.5, 0.6) is 0 Å². The molecule has 0 radical (unpaired) electrons. The predicted octanol–water partition coefficient (Wildman–Crippen LogP) is 5.15. The Morgan fingerprint density at radius 3 is 2.47 bits per heavy atom. The Hall–Kier alpha value is -4.34. The summed E-state index contributed by atoms with van der Waals surface area (Å²) in [4.78, 5) is 37.0. The van der Waals surface area contributed by atoms with Crippen LogP contribution in [-0.2, 0) is 11.0 Å². The van der Waals surface area contributed by atoms with Gasteiger partial charge in [0.15, 0.2) is 5.13 Å². The fourth-order valence-electron chi connectivity index (χ4n) is 5.72. The minimum atomic E-state index is -4.57. The lowest BCUT2D eigenvalue weighted by Crippen LogP contribution is -2.44. The minimum Gasteiger partial charge on any atom is -0.369 e. The molecule has 2 N–H and O–H groups in total. The van der Waals surface area contributed by atoms with Crippen LogP contribution in [-0.4, -0.2) is 94.5 Å². The number of nitrogens with one attached hydrogen (secondary N) is 2. The van der Waals surface area contributed by atoms with Crippen molar-refractivity contribution < 1.29 is 22.8 Å². The number of alkyl halides is 3. The zero-order chi connectivity index (χ0) is 33.1. The van der Waals surface area contributed by atoms with Gasteiger partial charge in [-0.3, -0.25) is 14.5 Å². The highest BCUT2D eigenvalue weighted by Crippen LogP contribution is 2.35. The van der Waals surface area contributed by atoms with Crippen LogP contribution < -0.4 is 15.5 Å². The molecule has 0 aliphatic carbocycles. The molecule has 15 heteroatoms. The van der Waals surface area contributed by atoms with Gasteiger partial charge in [0.1, 0.15) is 5.69 Å². The second-order valence-corrected chi connectivity index (χ2v) is 13.0. The van der Waals surface area contributed by atoms with Gasteiger partial charge >= 0.3 is 6.18 Å². The van der Waals surface area contributed by atoms with E-state index in [-0.39, 0.29) is 17.2 Å². The Morgan fingerprint density at radius 2 is 1.72 bits per heavy atom. The average Bonchev–Trinajstić information content (AvgIpc) is 3.72. The van der Waals surface area contributed by atoms with Gasteiger partial charge in [-0.25, -0.2) is 9.67 Å². The van der Waals surface area contributed by atoms with Gasteiger partial charge in [-0.05, 0) is 75.8 Å². The lowest BCUT2D eigenvalue weighted by Gasteiger charge is -2.34. The monoisotopic (exact) mass is 667 g/mol. The maximum Gasteiger partial charge on any atom is 0.416 e. The molecule has 11 nitrogen and oxygen atoms in total. The quantitative estimate of drug-likeness (QED) is 0.266. The summed E-state index contributed by atoms with van der Waals surface area (Å²) in [7, 11) is 1.97. The van der Waals surface area contributed by atoms with Crippen molar-refractivity contribution in [2.45, 2.75) is 32.4 Å². The molecule has 4 aromatic rings. The molecule has 0 saturated carbocycles. The van der Waals surface area contributed by atoms with Crippen molar-refractivity contribution in [3.63, 3.8) is 0 Å². The summed E-state index contributed by atoms with van der Waals surface area (Å²) >= 11 is 1.29. The number of piperazine rings is 1. The van der Waals surface area contributed by atoms with Crippen molar-refractivity contribution in [2.24, 2.45) is 0 Å². The molecule has 6 rings (SSSR count). The number of thiazole rings is 1. The van der Waals surface area contributed by atoms with Crippen LogP contribution in [0.1, 0.15) is 40.7 Å². The number of hydrogen-bond acceptors (Lipinski definition) is 9. The Balaban J connectivity index is 1.16. The van der Waals surface area contributed by atoms with E-state index in [9.17, 15) is 22.8 Å². The maximum atomic E-state index is 13.8. The highest BCUT2D eigenvalue weighted by atomic mass is 32.1. The normalized spacial score (nSPS) is 16.3. The van der Waals surface area contributed by atoms with E-state index in [0.717, 1.165) is 56.7 Å². The van der Waals surface area contributed by atoms with Crippen molar-refractivity contribution in [1.82, 2.24) is 29.8 Å².